The van der Waals surface area contributed by atoms with Crippen molar-refractivity contribution in [3.63, 3.8) is 0 Å². The zero-order valence-corrected chi connectivity index (χ0v) is 11.3. The van der Waals surface area contributed by atoms with Crippen molar-refractivity contribution in [2.75, 3.05) is 7.11 Å². The largest absolute Gasteiger partial charge is 0.497 e. The van der Waals surface area contributed by atoms with Gasteiger partial charge in [0.2, 0.25) is 0 Å². The van der Waals surface area contributed by atoms with Gasteiger partial charge in [-0.3, -0.25) is 4.79 Å². The highest BCUT2D eigenvalue weighted by molar-refractivity contribution is 5.83. The number of aromatic nitrogens is 1. The van der Waals surface area contributed by atoms with Crippen LogP contribution in [0.2, 0.25) is 0 Å². The molecule has 0 aliphatic rings. The van der Waals surface area contributed by atoms with Gasteiger partial charge in [0.1, 0.15) is 5.75 Å². The van der Waals surface area contributed by atoms with Crippen molar-refractivity contribution in [3.05, 3.63) is 39.7 Å². The lowest BCUT2D eigenvalue weighted by Crippen LogP contribution is -2.08. The van der Waals surface area contributed by atoms with Crippen LogP contribution >= 0.6 is 0 Å². The molecule has 1 aromatic carbocycles. The Morgan fingerprint density at radius 1 is 1.28 bits per heavy atom. The Hall–Kier alpha value is -1.77. The Kier molecular flexibility index (Phi) is 3.41. The molecule has 0 bridgehead atoms. The van der Waals surface area contributed by atoms with Crippen LogP contribution in [-0.2, 0) is 6.42 Å². The van der Waals surface area contributed by atoms with Gasteiger partial charge in [-0.05, 0) is 37.0 Å². The minimum absolute atomic E-state index is 0.0569. The number of benzene rings is 1. The van der Waals surface area contributed by atoms with E-state index in [4.69, 9.17) is 4.74 Å². The summed E-state index contributed by atoms with van der Waals surface area (Å²) in [7, 11) is 1.61. The zero-order chi connectivity index (χ0) is 13.3. The molecule has 0 radical (unpaired) electrons. The molecule has 3 nitrogen and oxygen atoms in total. The summed E-state index contributed by atoms with van der Waals surface area (Å²) in [6, 6.07) is 5.43. The Morgan fingerprint density at radius 2 is 2.00 bits per heavy atom. The smallest absolute Gasteiger partial charge is 0.189 e. The number of hydrogen-bond donors (Lipinski definition) is 1. The summed E-state index contributed by atoms with van der Waals surface area (Å²) in [6.07, 6.45) is 0.886. The molecule has 0 spiro atoms. The van der Waals surface area contributed by atoms with Gasteiger partial charge in [0, 0.05) is 17.1 Å². The minimum atomic E-state index is 0.0569. The average molecular weight is 245 g/mol. The van der Waals surface area contributed by atoms with E-state index < -0.39 is 0 Å². The first-order chi connectivity index (χ1) is 8.51. The number of methoxy groups -OCH3 is 1. The predicted molar refractivity (Wildman–Crippen MR) is 74.4 cm³/mol. The number of ether oxygens (including phenoxy) is 1. The van der Waals surface area contributed by atoms with Gasteiger partial charge >= 0.3 is 0 Å². The van der Waals surface area contributed by atoms with Gasteiger partial charge in [-0.1, -0.05) is 13.8 Å². The van der Waals surface area contributed by atoms with Crippen LogP contribution in [0.4, 0.5) is 0 Å². The maximum Gasteiger partial charge on any atom is 0.189 e. The Labute approximate surface area is 107 Å². The van der Waals surface area contributed by atoms with E-state index in [2.05, 4.69) is 18.8 Å². The van der Waals surface area contributed by atoms with Gasteiger partial charge in [0.15, 0.2) is 5.43 Å². The molecule has 3 heteroatoms. The van der Waals surface area contributed by atoms with Crippen molar-refractivity contribution >= 4 is 10.9 Å². The van der Waals surface area contributed by atoms with Gasteiger partial charge in [0.05, 0.1) is 12.6 Å². The summed E-state index contributed by atoms with van der Waals surface area (Å²) in [6.45, 7) is 6.27. The number of rotatable bonds is 3. The van der Waals surface area contributed by atoms with E-state index >= 15 is 0 Å². The zero-order valence-electron chi connectivity index (χ0n) is 11.3. The van der Waals surface area contributed by atoms with Crippen LogP contribution in [0.5, 0.6) is 5.75 Å². The third kappa shape index (κ3) is 2.40. The molecule has 0 saturated heterocycles. The van der Waals surface area contributed by atoms with Crippen molar-refractivity contribution in [1.82, 2.24) is 4.98 Å². The second kappa shape index (κ2) is 4.84. The summed E-state index contributed by atoms with van der Waals surface area (Å²) >= 11 is 0. The quantitative estimate of drug-likeness (QED) is 0.903. The molecule has 1 heterocycles. The Bertz CT molecular complexity index is 626. The number of hydrogen-bond acceptors (Lipinski definition) is 2. The van der Waals surface area contributed by atoms with E-state index in [0.717, 1.165) is 28.9 Å². The monoisotopic (exact) mass is 245 g/mol. The molecule has 0 atom stereocenters. The van der Waals surface area contributed by atoms with Crippen molar-refractivity contribution in [3.8, 4) is 5.75 Å². The van der Waals surface area contributed by atoms with E-state index in [1.165, 1.54) is 0 Å². The Balaban J connectivity index is 2.66. The molecule has 1 N–H and O–H groups in total. The van der Waals surface area contributed by atoms with Crippen LogP contribution in [0, 0.1) is 12.8 Å². The molecular weight excluding hydrogens is 226 g/mol. The fourth-order valence-electron chi connectivity index (χ4n) is 2.21. The van der Waals surface area contributed by atoms with Crippen molar-refractivity contribution < 1.29 is 4.74 Å². The minimum Gasteiger partial charge on any atom is -0.497 e. The van der Waals surface area contributed by atoms with E-state index in [-0.39, 0.29) is 5.43 Å². The third-order valence-corrected chi connectivity index (χ3v) is 3.03. The first-order valence-corrected chi connectivity index (χ1v) is 6.22. The highest BCUT2D eigenvalue weighted by Gasteiger charge is 2.08. The maximum absolute atomic E-state index is 12.1. The van der Waals surface area contributed by atoms with Crippen LogP contribution in [0.3, 0.4) is 0 Å². The third-order valence-electron chi connectivity index (χ3n) is 3.03. The van der Waals surface area contributed by atoms with Crippen LogP contribution < -0.4 is 10.2 Å². The number of nitrogens with one attached hydrogen (secondary N) is 1. The summed E-state index contributed by atoms with van der Waals surface area (Å²) in [5, 5.41) is 0.694. The summed E-state index contributed by atoms with van der Waals surface area (Å²) < 4.78 is 5.20. The lowest BCUT2D eigenvalue weighted by Gasteiger charge is -2.10. The molecule has 96 valence electrons. The van der Waals surface area contributed by atoms with Gasteiger partial charge in [-0.2, -0.15) is 0 Å². The predicted octanol–water partition coefficient (Wildman–Crippen LogP) is 3.04. The van der Waals surface area contributed by atoms with Gasteiger partial charge in [-0.25, -0.2) is 0 Å². The fourth-order valence-corrected chi connectivity index (χ4v) is 2.21. The second-order valence-electron chi connectivity index (χ2n) is 5.12. The molecule has 0 aliphatic carbocycles. The number of fused-ring (bicyclic) bond motifs is 1. The molecule has 0 amide bonds. The number of aromatic amines is 1. The van der Waals surface area contributed by atoms with Crippen molar-refractivity contribution in [1.29, 1.82) is 0 Å². The van der Waals surface area contributed by atoms with E-state index in [1.54, 1.807) is 19.2 Å². The molecule has 0 saturated carbocycles. The number of pyridine rings is 1. The molecule has 2 aromatic rings. The first-order valence-electron chi connectivity index (χ1n) is 6.22. The highest BCUT2D eigenvalue weighted by atomic mass is 16.5. The number of aryl methyl sites for hydroxylation is 1. The lowest BCUT2D eigenvalue weighted by molar-refractivity contribution is 0.415. The van der Waals surface area contributed by atoms with Gasteiger partial charge < -0.3 is 9.72 Å². The molecule has 2 rings (SSSR count). The molecule has 0 aliphatic heterocycles. The van der Waals surface area contributed by atoms with E-state index in [9.17, 15) is 4.79 Å². The summed E-state index contributed by atoms with van der Waals surface area (Å²) in [4.78, 5) is 15.5. The molecule has 0 unspecified atom stereocenters. The average Bonchev–Trinajstić information content (AvgIpc) is 2.29. The second-order valence-corrected chi connectivity index (χ2v) is 5.12. The normalized spacial score (nSPS) is 11.2. The fraction of sp³-hybridized carbons (Fsp3) is 0.400. The summed E-state index contributed by atoms with van der Waals surface area (Å²) in [5.41, 5.74) is 3.00. The van der Waals surface area contributed by atoms with E-state index in [0.29, 0.717) is 11.3 Å². The number of H-pyrrole nitrogens is 1. The molecular formula is C15H19NO2. The van der Waals surface area contributed by atoms with Gasteiger partial charge in [0.25, 0.3) is 0 Å². The topological polar surface area (TPSA) is 42.1 Å². The summed E-state index contributed by atoms with van der Waals surface area (Å²) in [5.74, 6) is 1.25. The van der Waals surface area contributed by atoms with Crippen molar-refractivity contribution in [2.24, 2.45) is 5.92 Å². The van der Waals surface area contributed by atoms with Gasteiger partial charge in [-0.15, -0.1) is 0 Å². The molecule has 1 aromatic heterocycles. The van der Waals surface area contributed by atoms with Crippen LogP contribution in [0.1, 0.15) is 25.1 Å². The Morgan fingerprint density at radius 3 is 2.61 bits per heavy atom. The molecule has 18 heavy (non-hydrogen) atoms. The first kappa shape index (κ1) is 12.7. The van der Waals surface area contributed by atoms with Crippen molar-refractivity contribution in [2.45, 2.75) is 27.2 Å². The van der Waals surface area contributed by atoms with Crippen LogP contribution in [0.25, 0.3) is 10.9 Å². The lowest BCUT2D eigenvalue weighted by atomic mass is 10.0. The SMILES string of the molecule is COc1cc(C)c2[nH]c(CC(C)C)cc(=O)c2c1. The molecule has 0 fully saturated rings. The van der Waals surface area contributed by atoms with E-state index in [1.807, 2.05) is 13.0 Å². The highest BCUT2D eigenvalue weighted by Crippen LogP contribution is 2.21. The maximum atomic E-state index is 12.1. The standard InChI is InChI=1S/C15H19NO2/c1-9(2)5-11-7-14(17)13-8-12(18-4)6-10(3)15(13)16-11/h6-9H,5H2,1-4H3,(H,16,17). The van der Waals surface area contributed by atoms with Crippen LogP contribution in [0.15, 0.2) is 23.0 Å². The van der Waals surface area contributed by atoms with Crippen LogP contribution in [-0.4, -0.2) is 12.1 Å².